The Hall–Kier alpha value is -2.36. The maximum absolute atomic E-state index is 12.3. The minimum absolute atomic E-state index is 0.198. The van der Waals surface area contributed by atoms with E-state index in [0.29, 0.717) is 24.7 Å². The summed E-state index contributed by atoms with van der Waals surface area (Å²) in [6.45, 7) is 7.05. The van der Waals surface area contributed by atoms with E-state index in [1.165, 1.54) is 38.5 Å². The molecule has 0 saturated heterocycles. The van der Waals surface area contributed by atoms with Crippen LogP contribution < -0.4 is 9.47 Å². The third-order valence-corrected chi connectivity index (χ3v) is 5.40. The largest absolute Gasteiger partial charge is 0.491 e. The molecular formula is C26H37NO3. The Kier molecular flexibility index (Phi) is 11.0. The summed E-state index contributed by atoms with van der Waals surface area (Å²) in [6, 6.07) is 9.55. The van der Waals surface area contributed by atoms with Gasteiger partial charge in [0.05, 0.1) is 12.8 Å². The topological polar surface area (TPSA) is 48.4 Å². The number of esters is 1. The number of carbonyl (C=O) groups is 1. The van der Waals surface area contributed by atoms with Crippen LogP contribution in [0.4, 0.5) is 0 Å². The average Bonchev–Trinajstić information content (AvgIpc) is 2.76. The molecule has 0 radical (unpaired) electrons. The lowest BCUT2D eigenvalue weighted by molar-refractivity contribution is -0.135. The first-order valence-corrected chi connectivity index (χ1v) is 11.5. The number of aromatic nitrogens is 1. The van der Waals surface area contributed by atoms with Crippen LogP contribution in [0.3, 0.4) is 0 Å². The van der Waals surface area contributed by atoms with Crippen LogP contribution in [0.5, 0.6) is 11.5 Å². The number of hydrogen-bond acceptors (Lipinski definition) is 4. The summed E-state index contributed by atoms with van der Waals surface area (Å²) in [5, 5.41) is 0. The van der Waals surface area contributed by atoms with Gasteiger partial charge in [0, 0.05) is 23.7 Å². The van der Waals surface area contributed by atoms with Gasteiger partial charge >= 0.3 is 5.97 Å². The zero-order chi connectivity index (χ0) is 21.6. The van der Waals surface area contributed by atoms with Crippen molar-refractivity contribution in [1.82, 2.24) is 4.98 Å². The van der Waals surface area contributed by atoms with Gasteiger partial charge in [-0.1, -0.05) is 83.9 Å². The number of benzene rings is 1. The average molecular weight is 412 g/mol. The van der Waals surface area contributed by atoms with E-state index in [1.807, 2.05) is 30.3 Å². The maximum Gasteiger partial charge on any atom is 0.311 e. The quantitative estimate of drug-likeness (QED) is 0.187. The molecule has 0 bridgehead atoms. The third kappa shape index (κ3) is 8.17. The number of unbranched alkanes of at least 4 members (excludes halogenated alkanes) is 6. The Morgan fingerprint density at radius 1 is 0.933 bits per heavy atom. The molecule has 1 unspecified atom stereocenters. The fourth-order valence-corrected chi connectivity index (χ4v) is 3.33. The normalized spacial score (nSPS) is 11.8. The SMILES string of the molecule is CCCCCCCCCOc1cnccc1-c1ccccc1OC(=O)CC(C)CC. The molecule has 2 aromatic rings. The van der Waals surface area contributed by atoms with Crippen molar-refractivity contribution in [2.75, 3.05) is 6.61 Å². The molecule has 0 fully saturated rings. The molecular weight excluding hydrogens is 374 g/mol. The van der Waals surface area contributed by atoms with E-state index >= 15 is 0 Å². The minimum atomic E-state index is -0.198. The standard InChI is InChI=1S/C26H37NO3/c1-4-6-7-8-9-10-13-18-29-25-20-27-17-16-23(25)22-14-11-12-15-24(22)30-26(28)19-21(3)5-2/h11-12,14-17,20-21H,4-10,13,18-19H2,1-3H3. The van der Waals surface area contributed by atoms with Crippen molar-refractivity contribution >= 4 is 5.97 Å². The summed E-state index contributed by atoms with van der Waals surface area (Å²) in [4.78, 5) is 16.6. The first-order valence-electron chi connectivity index (χ1n) is 11.5. The Bertz CT molecular complexity index is 759. The van der Waals surface area contributed by atoms with Crippen molar-refractivity contribution in [2.45, 2.75) is 78.6 Å². The van der Waals surface area contributed by atoms with E-state index < -0.39 is 0 Å². The van der Waals surface area contributed by atoms with Crippen molar-refractivity contribution in [3.63, 3.8) is 0 Å². The molecule has 30 heavy (non-hydrogen) atoms. The van der Waals surface area contributed by atoms with Crippen LogP contribution in [-0.2, 0) is 4.79 Å². The van der Waals surface area contributed by atoms with Crippen molar-refractivity contribution in [1.29, 1.82) is 0 Å². The number of carbonyl (C=O) groups excluding carboxylic acids is 1. The lowest BCUT2D eigenvalue weighted by Crippen LogP contribution is -2.12. The number of para-hydroxylation sites is 1. The van der Waals surface area contributed by atoms with Crippen LogP contribution in [0, 0.1) is 5.92 Å². The van der Waals surface area contributed by atoms with Crippen LogP contribution in [-0.4, -0.2) is 17.6 Å². The molecule has 1 aromatic carbocycles. The number of hydrogen-bond donors (Lipinski definition) is 0. The first-order chi connectivity index (χ1) is 14.7. The Balaban J connectivity index is 1.99. The summed E-state index contributed by atoms with van der Waals surface area (Å²) in [5.74, 6) is 1.41. The van der Waals surface area contributed by atoms with E-state index in [9.17, 15) is 4.79 Å². The molecule has 1 atom stereocenters. The van der Waals surface area contributed by atoms with Crippen molar-refractivity contribution in [2.24, 2.45) is 5.92 Å². The van der Waals surface area contributed by atoms with E-state index in [0.717, 1.165) is 29.7 Å². The van der Waals surface area contributed by atoms with Crippen molar-refractivity contribution < 1.29 is 14.3 Å². The third-order valence-electron chi connectivity index (χ3n) is 5.40. The molecule has 0 amide bonds. The van der Waals surface area contributed by atoms with E-state index in [1.54, 1.807) is 12.4 Å². The summed E-state index contributed by atoms with van der Waals surface area (Å²) >= 11 is 0. The molecule has 0 spiro atoms. The molecule has 4 heteroatoms. The van der Waals surface area contributed by atoms with Crippen LogP contribution in [0.1, 0.15) is 78.6 Å². The van der Waals surface area contributed by atoms with Gasteiger partial charge in [-0.2, -0.15) is 0 Å². The highest BCUT2D eigenvalue weighted by atomic mass is 16.5. The second-order valence-electron chi connectivity index (χ2n) is 8.03. The summed E-state index contributed by atoms with van der Waals surface area (Å²) in [5.41, 5.74) is 1.76. The van der Waals surface area contributed by atoms with Crippen LogP contribution in [0.15, 0.2) is 42.7 Å². The van der Waals surface area contributed by atoms with Gasteiger partial charge in [0.15, 0.2) is 0 Å². The molecule has 1 aromatic heterocycles. The maximum atomic E-state index is 12.3. The predicted octanol–water partition coefficient (Wildman–Crippen LogP) is 7.22. The summed E-state index contributed by atoms with van der Waals surface area (Å²) in [7, 11) is 0. The van der Waals surface area contributed by atoms with Gasteiger partial charge in [0.2, 0.25) is 0 Å². The van der Waals surface area contributed by atoms with E-state index in [2.05, 4.69) is 25.8 Å². The van der Waals surface area contributed by atoms with E-state index in [4.69, 9.17) is 9.47 Å². The van der Waals surface area contributed by atoms with Gasteiger partial charge in [0.25, 0.3) is 0 Å². The highest BCUT2D eigenvalue weighted by molar-refractivity contribution is 5.80. The van der Waals surface area contributed by atoms with E-state index in [-0.39, 0.29) is 5.97 Å². The zero-order valence-corrected chi connectivity index (χ0v) is 18.9. The molecule has 0 aliphatic heterocycles. The lowest BCUT2D eigenvalue weighted by Gasteiger charge is -2.15. The fourth-order valence-electron chi connectivity index (χ4n) is 3.33. The molecule has 0 saturated carbocycles. The number of nitrogens with zero attached hydrogens (tertiary/aromatic N) is 1. The number of rotatable bonds is 14. The second kappa shape index (κ2) is 13.8. The summed E-state index contributed by atoms with van der Waals surface area (Å²) < 4.78 is 11.8. The molecule has 164 valence electrons. The Morgan fingerprint density at radius 3 is 2.40 bits per heavy atom. The predicted molar refractivity (Wildman–Crippen MR) is 123 cm³/mol. The van der Waals surface area contributed by atoms with Crippen LogP contribution >= 0.6 is 0 Å². The van der Waals surface area contributed by atoms with Gasteiger partial charge in [0.1, 0.15) is 11.5 Å². The van der Waals surface area contributed by atoms with Crippen LogP contribution in [0.25, 0.3) is 11.1 Å². The van der Waals surface area contributed by atoms with Crippen molar-refractivity contribution in [3.8, 4) is 22.6 Å². The van der Waals surface area contributed by atoms with Crippen molar-refractivity contribution in [3.05, 3.63) is 42.7 Å². The number of pyridine rings is 1. The van der Waals surface area contributed by atoms with Gasteiger partial charge in [-0.3, -0.25) is 9.78 Å². The van der Waals surface area contributed by atoms with Gasteiger partial charge in [-0.15, -0.1) is 0 Å². The Morgan fingerprint density at radius 2 is 1.63 bits per heavy atom. The molecule has 0 aliphatic rings. The number of ether oxygens (including phenoxy) is 2. The minimum Gasteiger partial charge on any atom is -0.491 e. The lowest BCUT2D eigenvalue weighted by atomic mass is 10.0. The molecule has 4 nitrogen and oxygen atoms in total. The molecule has 0 N–H and O–H groups in total. The Labute approximate surface area is 182 Å². The highest BCUT2D eigenvalue weighted by Gasteiger charge is 2.15. The summed E-state index contributed by atoms with van der Waals surface area (Å²) in [6.07, 6.45) is 13.6. The molecule has 1 heterocycles. The molecule has 2 rings (SSSR count). The molecule has 0 aliphatic carbocycles. The van der Waals surface area contributed by atoms with Gasteiger partial charge in [-0.25, -0.2) is 0 Å². The monoisotopic (exact) mass is 411 g/mol. The fraction of sp³-hybridized carbons (Fsp3) is 0.538. The van der Waals surface area contributed by atoms with Gasteiger partial charge in [-0.05, 0) is 24.5 Å². The zero-order valence-electron chi connectivity index (χ0n) is 18.9. The highest BCUT2D eigenvalue weighted by Crippen LogP contribution is 2.36. The second-order valence-corrected chi connectivity index (χ2v) is 8.03. The van der Waals surface area contributed by atoms with Gasteiger partial charge < -0.3 is 9.47 Å². The van der Waals surface area contributed by atoms with Crippen LogP contribution in [0.2, 0.25) is 0 Å². The smallest absolute Gasteiger partial charge is 0.311 e. The first kappa shape index (κ1) is 23.9.